The predicted octanol–water partition coefficient (Wildman–Crippen LogP) is 2.40. The van der Waals surface area contributed by atoms with E-state index in [1.165, 1.54) is 31.5 Å². The van der Waals surface area contributed by atoms with Gasteiger partial charge in [-0.1, -0.05) is 6.92 Å². The van der Waals surface area contributed by atoms with Gasteiger partial charge in [0.15, 0.2) is 9.84 Å². The minimum atomic E-state index is -3.37. The van der Waals surface area contributed by atoms with Gasteiger partial charge in [-0.2, -0.15) is 0 Å². The van der Waals surface area contributed by atoms with Crippen LogP contribution in [-0.4, -0.2) is 38.8 Å². The lowest BCUT2D eigenvalue weighted by Crippen LogP contribution is -2.05. The molecular weight excluding hydrogens is 336 g/mol. The van der Waals surface area contributed by atoms with Crippen LogP contribution in [-0.2, 0) is 14.6 Å². The van der Waals surface area contributed by atoms with E-state index in [1.54, 1.807) is 13.8 Å². The third-order valence-corrected chi connectivity index (χ3v) is 4.87. The molecule has 0 atom stereocenters. The van der Waals surface area contributed by atoms with Gasteiger partial charge >= 0.3 is 5.97 Å². The molecule has 0 aliphatic rings. The van der Waals surface area contributed by atoms with Crippen molar-refractivity contribution in [1.29, 1.82) is 0 Å². The fourth-order valence-electron chi connectivity index (χ4n) is 1.89. The van der Waals surface area contributed by atoms with Gasteiger partial charge in [0.1, 0.15) is 5.75 Å². The smallest absolute Gasteiger partial charge is 0.376 e. The Balaban J connectivity index is 2.31. The summed E-state index contributed by atoms with van der Waals surface area (Å²) in [6.45, 7) is 3.46. The molecule has 0 unspecified atom stereocenters. The average Bonchev–Trinajstić information content (AvgIpc) is 3.03. The first kappa shape index (κ1) is 17.8. The van der Waals surface area contributed by atoms with Gasteiger partial charge in [-0.3, -0.25) is 0 Å². The Hall–Kier alpha value is -2.55. The maximum Gasteiger partial charge on any atom is 0.376 e. The zero-order chi connectivity index (χ0) is 17.7. The Labute approximate surface area is 139 Å². The number of benzene rings is 1. The van der Waals surface area contributed by atoms with Crippen molar-refractivity contribution in [3.05, 3.63) is 30.2 Å². The largest absolute Gasteiger partial charge is 0.495 e. The molecule has 0 fully saturated rings. The topological polar surface area (TPSA) is 108 Å². The minimum absolute atomic E-state index is 0.0161. The van der Waals surface area contributed by atoms with Gasteiger partial charge in [0.05, 0.1) is 36.2 Å². The summed E-state index contributed by atoms with van der Waals surface area (Å²) < 4.78 is 39.3. The summed E-state index contributed by atoms with van der Waals surface area (Å²) in [5.41, 5.74) is 0.351. The average molecular weight is 354 g/mol. The van der Waals surface area contributed by atoms with E-state index in [1.807, 2.05) is 0 Å². The number of sulfone groups is 1. The molecular formula is C15H18N2O6S. The zero-order valence-electron chi connectivity index (χ0n) is 13.5. The maximum atomic E-state index is 12.0. The third-order valence-electron chi connectivity index (χ3n) is 3.13. The molecule has 0 saturated carbocycles. The molecule has 2 rings (SSSR count). The van der Waals surface area contributed by atoms with Crippen molar-refractivity contribution in [2.75, 3.05) is 24.8 Å². The van der Waals surface area contributed by atoms with E-state index in [-0.39, 0.29) is 29.0 Å². The molecule has 2 aromatic rings. The molecule has 0 spiro atoms. The van der Waals surface area contributed by atoms with Crippen LogP contribution in [0.4, 0.5) is 11.7 Å². The van der Waals surface area contributed by atoms with E-state index in [9.17, 15) is 13.2 Å². The standard InChI is InChI=1S/C15H18N2O6S/c1-4-22-14(18)13-9-16-15(23-13)17-11-8-10(24(19,20)5-2)6-7-12(11)21-3/h6-9H,4-5H2,1-3H3,(H,16,17). The number of nitrogens with zero attached hydrogens (tertiary/aromatic N) is 1. The summed E-state index contributed by atoms with van der Waals surface area (Å²) in [4.78, 5) is 15.6. The Bertz CT molecular complexity index is 828. The number of rotatable bonds is 7. The molecule has 0 bridgehead atoms. The summed E-state index contributed by atoms with van der Waals surface area (Å²) >= 11 is 0. The Kier molecular flexibility index (Phi) is 5.45. The molecule has 9 heteroatoms. The molecule has 0 saturated heterocycles. The monoisotopic (exact) mass is 354 g/mol. The second-order valence-corrected chi connectivity index (χ2v) is 6.92. The highest BCUT2D eigenvalue weighted by Crippen LogP contribution is 2.30. The quantitative estimate of drug-likeness (QED) is 0.755. The van der Waals surface area contributed by atoms with Crippen molar-refractivity contribution in [3.8, 4) is 5.75 Å². The van der Waals surface area contributed by atoms with Crippen LogP contribution in [0.2, 0.25) is 0 Å². The SMILES string of the molecule is CCOC(=O)c1cnc(Nc2cc(S(=O)(=O)CC)ccc2OC)o1. The lowest BCUT2D eigenvalue weighted by molar-refractivity contribution is 0.0491. The van der Waals surface area contributed by atoms with E-state index in [0.717, 1.165) is 0 Å². The first-order valence-corrected chi connectivity index (χ1v) is 8.87. The fraction of sp³-hybridized carbons (Fsp3) is 0.333. The first-order chi connectivity index (χ1) is 11.4. The van der Waals surface area contributed by atoms with Crippen LogP contribution in [0.25, 0.3) is 0 Å². The second kappa shape index (κ2) is 7.35. The second-order valence-electron chi connectivity index (χ2n) is 4.64. The van der Waals surface area contributed by atoms with Crippen molar-refractivity contribution < 1.29 is 27.1 Å². The van der Waals surface area contributed by atoms with Gasteiger partial charge in [-0.05, 0) is 25.1 Å². The number of ether oxygens (including phenoxy) is 2. The molecule has 1 aromatic heterocycles. The molecule has 24 heavy (non-hydrogen) atoms. The van der Waals surface area contributed by atoms with Gasteiger partial charge in [-0.25, -0.2) is 18.2 Å². The number of aromatic nitrogens is 1. The molecule has 0 aliphatic heterocycles. The number of carbonyl (C=O) groups excluding carboxylic acids is 1. The number of anilines is 2. The van der Waals surface area contributed by atoms with E-state index >= 15 is 0 Å². The van der Waals surface area contributed by atoms with E-state index in [0.29, 0.717) is 11.4 Å². The van der Waals surface area contributed by atoms with Crippen LogP contribution >= 0.6 is 0 Å². The van der Waals surface area contributed by atoms with Crippen LogP contribution in [0.3, 0.4) is 0 Å². The number of carbonyl (C=O) groups is 1. The highest BCUT2D eigenvalue weighted by molar-refractivity contribution is 7.91. The summed E-state index contributed by atoms with van der Waals surface area (Å²) in [6.07, 6.45) is 1.22. The van der Waals surface area contributed by atoms with Gasteiger partial charge in [0.25, 0.3) is 6.01 Å². The van der Waals surface area contributed by atoms with Crippen LogP contribution in [0, 0.1) is 0 Å². The van der Waals surface area contributed by atoms with Crippen molar-refractivity contribution in [2.24, 2.45) is 0 Å². The molecule has 0 amide bonds. The van der Waals surface area contributed by atoms with Gasteiger partial charge in [-0.15, -0.1) is 0 Å². The predicted molar refractivity (Wildman–Crippen MR) is 86.5 cm³/mol. The molecule has 0 aliphatic carbocycles. The minimum Gasteiger partial charge on any atom is -0.495 e. The first-order valence-electron chi connectivity index (χ1n) is 7.22. The van der Waals surface area contributed by atoms with Crippen molar-refractivity contribution >= 4 is 27.5 Å². The van der Waals surface area contributed by atoms with E-state index in [2.05, 4.69) is 10.3 Å². The number of esters is 1. The Morgan fingerprint density at radius 2 is 2.08 bits per heavy atom. The van der Waals surface area contributed by atoms with Crippen molar-refractivity contribution in [3.63, 3.8) is 0 Å². The van der Waals surface area contributed by atoms with Gasteiger partial charge in [0, 0.05) is 0 Å². The zero-order valence-corrected chi connectivity index (χ0v) is 14.3. The van der Waals surface area contributed by atoms with Crippen LogP contribution in [0.15, 0.2) is 33.7 Å². The van der Waals surface area contributed by atoms with E-state index < -0.39 is 15.8 Å². The fourth-order valence-corrected chi connectivity index (χ4v) is 2.79. The number of nitrogens with one attached hydrogen (secondary N) is 1. The summed E-state index contributed by atoms with van der Waals surface area (Å²) in [5, 5.41) is 2.80. The Morgan fingerprint density at radius 3 is 2.71 bits per heavy atom. The number of hydrogen-bond donors (Lipinski definition) is 1. The van der Waals surface area contributed by atoms with Gasteiger partial charge < -0.3 is 19.2 Å². The normalized spacial score (nSPS) is 11.1. The van der Waals surface area contributed by atoms with Crippen molar-refractivity contribution in [2.45, 2.75) is 18.7 Å². The Morgan fingerprint density at radius 1 is 1.33 bits per heavy atom. The molecule has 130 valence electrons. The molecule has 8 nitrogen and oxygen atoms in total. The van der Waals surface area contributed by atoms with E-state index in [4.69, 9.17) is 13.9 Å². The van der Waals surface area contributed by atoms with Crippen LogP contribution < -0.4 is 10.1 Å². The summed E-state index contributed by atoms with van der Waals surface area (Å²) in [6, 6.07) is 4.43. The highest BCUT2D eigenvalue weighted by atomic mass is 32.2. The molecule has 0 radical (unpaired) electrons. The summed E-state index contributed by atoms with van der Waals surface area (Å²) in [5.74, 6) is -0.311. The molecule has 1 heterocycles. The lowest BCUT2D eigenvalue weighted by atomic mass is 10.3. The number of methoxy groups -OCH3 is 1. The van der Waals surface area contributed by atoms with Crippen molar-refractivity contribution in [1.82, 2.24) is 4.98 Å². The van der Waals surface area contributed by atoms with Crippen LogP contribution in [0.1, 0.15) is 24.4 Å². The number of oxazole rings is 1. The third kappa shape index (κ3) is 3.85. The van der Waals surface area contributed by atoms with Crippen LogP contribution in [0.5, 0.6) is 5.75 Å². The number of hydrogen-bond acceptors (Lipinski definition) is 8. The molecule has 1 aromatic carbocycles. The highest BCUT2D eigenvalue weighted by Gasteiger charge is 2.17. The van der Waals surface area contributed by atoms with Gasteiger partial charge in [0.2, 0.25) is 5.76 Å². The molecule has 1 N–H and O–H groups in total. The maximum absolute atomic E-state index is 12.0. The summed E-state index contributed by atoms with van der Waals surface area (Å²) in [7, 11) is -1.92. The lowest BCUT2D eigenvalue weighted by Gasteiger charge is -2.10.